The Balaban J connectivity index is 1.70. The number of carbonyl (C=O) groups is 1. The molecule has 1 unspecified atom stereocenters. The number of hydrogen-bond donors (Lipinski definition) is 2. The standard InChI is InChI=1S/C28H32N4O3S/c1-5-36(34)20-8-6-7-19(14-20)21-15-23(30-28(33)18-9-11-32(3)12-10-18)26(35-4)25-24(21)22-13-17(2)16-29-27(22)31-25/h6-8,13-16,18H,5,9-12H2,1-4H3,(H,29,31)(H,30,33). The highest BCUT2D eigenvalue weighted by atomic mass is 32.2. The van der Waals surface area contributed by atoms with Crippen molar-refractivity contribution in [1.82, 2.24) is 14.9 Å². The molecule has 0 radical (unpaired) electrons. The molecule has 1 amide bonds. The SMILES string of the molecule is CCS(=O)c1cccc(-c2cc(NC(=O)C3CCN(C)CC3)c(OC)c3[nH]c4ncc(C)cc4c23)c1. The number of methoxy groups -OCH3 is 1. The van der Waals surface area contributed by atoms with Crippen molar-refractivity contribution in [2.24, 2.45) is 5.92 Å². The number of aromatic amines is 1. The van der Waals surface area contributed by atoms with Gasteiger partial charge in [0.2, 0.25) is 5.91 Å². The second-order valence-corrected chi connectivity index (χ2v) is 11.3. The molecular weight excluding hydrogens is 472 g/mol. The van der Waals surface area contributed by atoms with Gasteiger partial charge in [0.1, 0.15) is 5.65 Å². The summed E-state index contributed by atoms with van der Waals surface area (Å²) >= 11 is 0. The van der Waals surface area contributed by atoms with Crippen LogP contribution in [-0.4, -0.2) is 58.0 Å². The van der Waals surface area contributed by atoms with E-state index in [1.807, 2.05) is 50.4 Å². The van der Waals surface area contributed by atoms with Crippen molar-refractivity contribution in [3.63, 3.8) is 0 Å². The van der Waals surface area contributed by atoms with Crippen LogP contribution in [0.15, 0.2) is 47.5 Å². The van der Waals surface area contributed by atoms with Crippen LogP contribution < -0.4 is 10.1 Å². The van der Waals surface area contributed by atoms with Gasteiger partial charge in [-0.2, -0.15) is 0 Å². The third kappa shape index (κ3) is 4.51. The number of amides is 1. The molecule has 0 aliphatic carbocycles. The van der Waals surface area contributed by atoms with Crippen LogP contribution in [0.4, 0.5) is 5.69 Å². The largest absolute Gasteiger partial charge is 0.492 e. The summed E-state index contributed by atoms with van der Waals surface area (Å²) < 4.78 is 18.5. The molecule has 36 heavy (non-hydrogen) atoms. The summed E-state index contributed by atoms with van der Waals surface area (Å²) in [7, 11) is 2.63. The van der Waals surface area contributed by atoms with Gasteiger partial charge in [0, 0.05) is 33.5 Å². The van der Waals surface area contributed by atoms with Crippen molar-refractivity contribution in [1.29, 1.82) is 0 Å². The zero-order valence-electron chi connectivity index (χ0n) is 21.2. The maximum Gasteiger partial charge on any atom is 0.227 e. The minimum absolute atomic E-state index is 0.0117. The van der Waals surface area contributed by atoms with Gasteiger partial charge < -0.3 is 19.9 Å². The topological polar surface area (TPSA) is 87.3 Å². The Bertz CT molecular complexity index is 1470. The van der Waals surface area contributed by atoms with Crippen molar-refractivity contribution >= 4 is 44.3 Å². The van der Waals surface area contributed by atoms with E-state index in [1.165, 1.54) is 0 Å². The number of carbonyl (C=O) groups excluding carboxylic acids is 1. The fraction of sp³-hybridized carbons (Fsp3) is 0.357. The van der Waals surface area contributed by atoms with Crippen LogP contribution in [-0.2, 0) is 15.6 Å². The molecule has 1 fully saturated rings. The first-order chi connectivity index (χ1) is 17.4. The molecule has 3 heterocycles. The van der Waals surface area contributed by atoms with Crippen LogP contribution in [0, 0.1) is 12.8 Å². The van der Waals surface area contributed by atoms with E-state index in [4.69, 9.17) is 4.74 Å². The number of piperidine rings is 1. The van der Waals surface area contributed by atoms with Gasteiger partial charge in [0.05, 0.1) is 29.1 Å². The first kappa shape index (κ1) is 24.5. The second-order valence-electron chi connectivity index (χ2n) is 9.52. The number of pyridine rings is 1. The number of anilines is 1. The van der Waals surface area contributed by atoms with Gasteiger partial charge >= 0.3 is 0 Å². The minimum Gasteiger partial charge on any atom is -0.492 e. The van der Waals surface area contributed by atoms with Gasteiger partial charge in [0.15, 0.2) is 5.75 Å². The Morgan fingerprint density at radius 2 is 2.03 bits per heavy atom. The number of likely N-dealkylation sites (tertiary alicyclic amines) is 1. The van der Waals surface area contributed by atoms with Gasteiger partial charge in [-0.3, -0.25) is 9.00 Å². The molecular formula is C28H32N4O3S. The zero-order chi connectivity index (χ0) is 25.4. The molecule has 5 rings (SSSR count). The van der Waals surface area contributed by atoms with Crippen molar-refractivity contribution in [3.8, 4) is 16.9 Å². The average molecular weight is 505 g/mol. The Hall–Kier alpha value is -3.23. The summed E-state index contributed by atoms with van der Waals surface area (Å²) in [5.41, 5.74) is 5.06. The van der Waals surface area contributed by atoms with Crippen LogP contribution in [0.3, 0.4) is 0 Å². The second kappa shape index (κ2) is 10.0. The van der Waals surface area contributed by atoms with Crippen molar-refractivity contribution in [2.45, 2.75) is 31.6 Å². The number of aryl methyl sites for hydroxylation is 1. The first-order valence-corrected chi connectivity index (χ1v) is 13.7. The lowest BCUT2D eigenvalue weighted by molar-refractivity contribution is -0.121. The van der Waals surface area contributed by atoms with Gasteiger partial charge in [-0.25, -0.2) is 4.98 Å². The van der Waals surface area contributed by atoms with Crippen LogP contribution in [0.1, 0.15) is 25.3 Å². The Labute approximate surface area is 213 Å². The van der Waals surface area contributed by atoms with Gasteiger partial charge in [-0.05, 0) is 80.9 Å². The van der Waals surface area contributed by atoms with Crippen LogP contribution in [0.25, 0.3) is 33.1 Å². The maximum absolute atomic E-state index is 13.3. The molecule has 1 aliphatic rings. The summed E-state index contributed by atoms with van der Waals surface area (Å²) in [5.74, 6) is 1.11. The highest BCUT2D eigenvalue weighted by molar-refractivity contribution is 7.85. The predicted molar refractivity (Wildman–Crippen MR) is 146 cm³/mol. The zero-order valence-corrected chi connectivity index (χ0v) is 22.0. The molecule has 4 aromatic rings. The quantitative estimate of drug-likeness (QED) is 0.381. The van der Waals surface area contributed by atoms with Crippen molar-refractivity contribution in [2.75, 3.05) is 38.3 Å². The van der Waals surface area contributed by atoms with E-state index in [1.54, 1.807) is 7.11 Å². The summed E-state index contributed by atoms with van der Waals surface area (Å²) in [6.07, 6.45) is 3.50. The maximum atomic E-state index is 13.3. The first-order valence-electron chi connectivity index (χ1n) is 12.4. The molecule has 2 aromatic carbocycles. The molecule has 1 aliphatic heterocycles. The smallest absolute Gasteiger partial charge is 0.227 e. The lowest BCUT2D eigenvalue weighted by atomic mass is 9.95. The highest BCUT2D eigenvalue weighted by Crippen LogP contribution is 2.44. The molecule has 0 bridgehead atoms. The number of fused-ring (bicyclic) bond motifs is 3. The molecule has 2 aromatic heterocycles. The van der Waals surface area contributed by atoms with Gasteiger partial charge in [-0.1, -0.05) is 19.1 Å². The summed E-state index contributed by atoms with van der Waals surface area (Å²) in [5, 5.41) is 5.12. The molecule has 0 saturated carbocycles. The summed E-state index contributed by atoms with van der Waals surface area (Å²) in [4.78, 5) is 24.3. The molecule has 1 atom stereocenters. The third-order valence-electron chi connectivity index (χ3n) is 7.04. The average Bonchev–Trinajstić information content (AvgIpc) is 3.26. The van der Waals surface area contributed by atoms with Gasteiger partial charge in [0.25, 0.3) is 0 Å². The van der Waals surface area contributed by atoms with E-state index < -0.39 is 10.8 Å². The lowest BCUT2D eigenvalue weighted by Gasteiger charge is -2.28. The Morgan fingerprint density at radius 3 is 2.75 bits per heavy atom. The van der Waals surface area contributed by atoms with E-state index in [-0.39, 0.29) is 11.8 Å². The number of benzene rings is 2. The van der Waals surface area contributed by atoms with Crippen LogP contribution >= 0.6 is 0 Å². The van der Waals surface area contributed by atoms with E-state index in [0.29, 0.717) is 17.2 Å². The minimum atomic E-state index is -1.07. The fourth-order valence-corrected chi connectivity index (χ4v) is 5.87. The monoisotopic (exact) mass is 504 g/mol. The summed E-state index contributed by atoms with van der Waals surface area (Å²) in [6, 6.07) is 11.9. The Kier molecular flexibility index (Phi) is 6.81. The van der Waals surface area contributed by atoms with E-state index in [0.717, 1.165) is 69.5 Å². The molecule has 0 spiro atoms. The van der Waals surface area contributed by atoms with Crippen molar-refractivity contribution in [3.05, 3.63) is 48.2 Å². The van der Waals surface area contributed by atoms with E-state index in [2.05, 4.69) is 33.3 Å². The summed E-state index contributed by atoms with van der Waals surface area (Å²) in [6.45, 7) is 5.75. The van der Waals surface area contributed by atoms with Crippen LogP contribution in [0.2, 0.25) is 0 Å². The number of hydrogen-bond acceptors (Lipinski definition) is 5. The molecule has 8 heteroatoms. The molecule has 1 saturated heterocycles. The van der Waals surface area contributed by atoms with Gasteiger partial charge in [-0.15, -0.1) is 0 Å². The number of nitrogens with zero attached hydrogens (tertiary/aromatic N) is 2. The molecule has 7 nitrogen and oxygen atoms in total. The lowest BCUT2D eigenvalue weighted by Crippen LogP contribution is -2.36. The Morgan fingerprint density at radius 1 is 1.25 bits per heavy atom. The highest BCUT2D eigenvalue weighted by Gasteiger charge is 2.26. The third-order valence-corrected chi connectivity index (χ3v) is 8.34. The number of aromatic nitrogens is 2. The molecule has 2 N–H and O–H groups in total. The molecule has 188 valence electrons. The predicted octanol–water partition coefficient (Wildman–Crippen LogP) is 5.11. The van der Waals surface area contributed by atoms with E-state index in [9.17, 15) is 9.00 Å². The van der Waals surface area contributed by atoms with E-state index >= 15 is 0 Å². The van der Waals surface area contributed by atoms with Crippen LogP contribution in [0.5, 0.6) is 5.75 Å². The number of nitrogens with one attached hydrogen (secondary N) is 2. The van der Waals surface area contributed by atoms with Crippen molar-refractivity contribution < 1.29 is 13.7 Å². The number of ether oxygens (including phenoxy) is 1. The number of H-pyrrole nitrogens is 1. The number of rotatable bonds is 6. The normalized spacial score (nSPS) is 15.9. The fourth-order valence-electron chi connectivity index (χ4n) is 5.05.